The molecule has 1 N–H and O–H groups in total. The Morgan fingerprint density at radius 2 is 2.05 bits per heavy atom. The summed E-state index contributed by atoms with van der Waals surface area (Å²) in [5, 5.41) is 3.48. The summed E-state index contributed by atoms with van der Waals surface area (Å²) in [5.41, 5.74) is 0.824. The monoisotopic (exact) mass is 324 g/mol. The summed E-state index contributed by atoms with van der Waals surface area (Å²) in [6, 6.07) is 6.66. The summed E-state index contributed by atoms with van der Waals surface area (Å²) in [4.78, 5) is 25.9. The fraction of sp³-hybridized carbons (Fsp3) is 0.500. The van der Waals surface area contributed by atoms with E-state index in [9.17, 15) is 9.59 Å². The van der Waals surface area contributed by atoms with Crippen LogP contribution in [0.2, 0.25) is 5.02 Å². The number of morpholine rings is 1. The van der Waals surface area contributed by atoms with Gasteiger partial charge in [-0.15, -0.1) is 0 Å². The molecule has 120 valence electrons. The van der Waals surface area contributed by atoms with E-state index in [2.05, 4.69) is 5.32 Å². The Morgan fingerprint density at radius 3 is 2.64 bits per heavy atom. The summed E-state index contributed by atoms with van der Waals surface area (Å²) in [7, 11) is 1.69. The Kier molecular flexibility index (Phi) is 5.42. The third-order valence-corrected chi connectivity index (χ3v) is 3.89. The van der Waals surface area contributed by atoms with E-state index in [-0.39, 0.29) is 18.4 Å². The molecule has 5 nitrogen and oxygen atoms in total. The van der Waals surface area contributed by atoms with Crippen molar-refractivity contribution in [1.82, 2.24) is 10.2 Å². The van der Waals surface area contributed by atoms with Crippen molar-refractivity contribution in [2.45, 2.75) is 26.0 Å². The number of nitrogens with one attached hydrogen (secondary N) is 1. The number of amides is 2. The zero-order chi connectivity index (χ0) is 16.3. The number of carbonyl (C=O) groups excluding carboxylic acids is 2. The summed E-state index contributed by atoms with van der Waals surface area (Å²) in [6.07, 6.45) is -0.720. The minimum Gasteiger partial charge on any atom is -0.356 e. The van der Waals surface area contributed by atoms with Crippen molar-refractivity contribution in [2.75, 3.05) is 20.2 Å². The van der Waals surface area contributed by atoms with Gasteiger partial charge in [-0.1, -0.05) is 37.6 Å². The smallest absolute Gasteiger partial charge is 0.251 e. The van der Waals surface area contributed by atoms with E-state index in [4.69, 9.17) is 16.3 Å². The van der Waals surface area contributed by atoms with Crippen LogP contribution in [0.4, 0.5) is 0 Å². The molecule has 22 heavy (non-hydrogen) atoms. The maximum absolute atomic E-state index is 12.4. The molecule has 2 amide bonds. The predicted molar refractivity (Wildman–Crippen MR) is 84.6 cm³/mol. The van der Waals surface area contributed by atoms with Gasteiger partial charge in [-0.3, -0.25) is 9.59 Å². The van der Waals surface area contributed by atoms with E-state index < -0.39 is 12.1 Å². The molecule has 1 heterocycles. The molecule has 0 aromatic heterocycles. The second-order valence-electron chi connectivity index (χ2n) is 5.87. The highest BCUT2D eigenvalue weighted by Gasteiger charge is 2.39. The fourth-order valence-corrected chi connectivity index (χ4v) is 2.52. The molecule has 1 saturated heterocycles. The molecule has 0 bridgehead atoms. The highest BCUT2D eigenvalue weighted by molar-refractivity contribution is 6.30. The Bertz CT molecular complexity index is 545. The minimum absolute atomic E-state index is 0.0830. The summed E-state index contributed by atoms with van der Waals surface area (Å²) >= 11 is 5.91. The third-order valence-electron chi connectivity index (χ3n) is 3.64. The quantitative estimate of drug-likeness (QED) is 0.921. The first-order chi connectivity index (χ1) is 10.4. The van der Waals surface area contributed by atoms with Crippen LogP contribution in [-0.2, 0) is 14.3 Å². The molecule has 0 unspecified atom stereocenters. The molecule has 1 aromatic carbocycles. The maximum atomic E-state index is 12.4. The van der Waals surface area contributed by atoms with Crippen LogP contribution >= 0.6 is 11.6 Å². The van der Waals surface area contributed by atoms with Crippen molar-refractivity contribution < 1.29 is 14.3 Å². The number of likely N-dealkylation sites (N-methyl/N-ethyl adjacent to an activating group) is 1. The van der Waals surface area contributed by atoms with Crippen LogP contribution in [0.15, 0.2) is 24.3 Å². The van der Waals surface area contributed by atoms with E-state index in [0.717, 1.165) is 5.56 Å². The molecule has 6 heteroatoms. The lowest BCUT2D eigenvalue weighted by molar-refractivity contribution is -0.162. The van der Waals surface area contributed by atoms with Gasteiger partial charge in [0.25, 0.3) is 5.91 Å². The Labute approximate surface area is 135 Å². The molecule has 0 aliphatic carbocycles. The fourth-order valence-electron chi connectivity index (χ4n) is 2.39. The standard InChI is InChI=1S/C16H21ClN2O3/c1-10(2)8-18-16(21)15-14(19(3)13(20)9-22-15)11-4-6-12(17)7-5-11/h4-7,10,14-15H,8-9H2,1-3H3,(H,18,21)/t14-,15-/m1/s1. The number of hydrogen-bond donors (Lipinski definition) is 1. The van der Waals surface area contributed by atoms with Gasteiger partial charge in [0.05, 0.1) is 6.04 Å². The summed E-state index contributed by atoms with van der Waals surface area (Å²) in [5.74, 6) is 0.00161. The van der Waals surface area contributed by atoms with Crippen LogP contribution < -0.4 is 5.32 Å². The van der Waals surface area contributed by atoms with Gasteiger partial charge in [-0.25, -0.2) is 0 Å². The van der Waals surface area contributed by atoms with Crippen molar-refractivity contribution in [3.8, 4) is 0 Å². The summed E-state index contributed by atoms with van der Waals surface area (Å²) < 4.78 is 5.52. The van der Waals surface area contributed by atoms with Crippen LogP contribution in [0, 0.1) is 5.92 Å². The van der Waals surface area contributed by atoms with Crippen molar-refractivity contribution in [2.24, 2.45) is 5.92 Å². The molecule has 0 saturated carbocycles. The average Bonchev–Trinajstić information content (AvgIpc) is 2.48. The topological polar surface area (TPSA) is 58.6 Å². The molecular weight excluding hydrogens is 304 g/mol. The molecule has 2 atom stereocenters. The molecule has 0 radical (unpaired) electrons. The molecule has 1 aromatic rings. The molecule has 2 rings (SSSR count). The number of benzene rings is 1. The lowest BCUT2D eigenvalue weighted by Crippen LogP contribution is -2.53. The second kappa shape index (κ2) is 7.11. The van der Waals surface area contributed by atoms with Crippen LogP contribution in [0.3, 0.4) is 0 Å². The first kappa shape index (κ1) is 16.8. The van der Waals surface area contributed by atoms with Crippen molar-refractivity contribution in [3.63, 3.8) is 0 Å². The Morgan fingerprint density at radius 1 is 1.41 bits per heavy atom. The van der Waals surface area contributed by atoms with E-state index in [1.165, 1.54) is 0 Å². The van der Waals surface area contributed by atoms with Crippen LogP contribution in [0.1, 0.15) is 25.5 Å². The number of carbonyl (C=O) groups is 2. The van der Waals surface area contributed by atoms with Gasteiger partial charge in [0.2, 0.25) is 5.91 Å². The van der Waals surface area contributed by atoms with E-state index >= 15 is 0 Å². The lowest BCUT2D eigenvalue weighted by Gasteiger charge is -2.38. The normalized spacial score (nSPS) is 22.0. The van der Waals surface area contributed by atoms with Crippen molar-refractivity contribution in [1.29, 1.82) is 0 Å². The Hall–Kier alpha value is -1.59. The number of hydrogen-bond acceptors (Lipinski definition) is 3. The van der Waals surface area contributed by atoms with E-state index in [0.29, 0.717) is 17.5 Å². The second-order valence-corrected chi connectivity index (χ2v) is 6.31. The minimum atomic E-state index is -0.720. The largest absolute Gasteiger partial charge is 0.356 e. The first-order valence-corrected chi connectivity index (χ1v) is 7.68. The first-order valence-electron chi connectivity index (χ1n) is 7.30. The van der Waals surface area contributed by atoms with Crippen molar-refractivity contribution >= 4 is 23.4 Å². The molecule has 1 fully saturated rings. The molecule has 0 spiro atoms. The zero-order valence-electron chi connectivity index (χ0n) is 13.0. The Balaban J connectivity index is 2.24. The number of rotatable bonds is 4. The number of nitrogens with zero attached hydrogens (tertiary/aromatic N) is 1. The zero-order valence-corrected chi connectivity index (χ0v) is 13.8. The number of halogens is 1. The number of ether oxygens (including phenoxy) is 1. The predicted octanol–water partition coefficient (Wildman–Crippen LogP) is 2.01. The highest BCUT2D eigenvalue weighted by Crippen LogP contribution is 2.30. The lowest BCUT2D eigenvalue weighted by atomic mass is 9.97. The van der Waals surface area contributed by atoms with Gasteiger partial charge >= 0.3 is 0 Å². The highest BCUT2D eigenvalue weighted by atomic mass is 35.5. The van der Waals surface area contributed by atoms with Crippen LogP contribution in [-0.4, -0.2) is 43.0 Å². The van der Waals surface area contributed by atoms with Gasteiger partial charge < -0.3 is 15.0 Å². The molecule has 1 aliphatic heterocycles. The van der Waals surface area contributed by atoms with Crippen LogP contribution in [0.25, 0.3) is 0 Å². The molecule has 1 aliphatic rings. The third kappa shape index (κ3) is 3.78. The average molecular weight is 325 g/mol. The van der Waals surface area contributed by atoms with Gasteiger partial charge in [-0.05, 0) is 23.6 Å². The van der Waals surface area contributed by atoms with Gasteiger partial charge in [0.1, 0.15) is 6.61 Å². The van der Waals surface area contributed by atoms with E-state index in [1.807, 2.05) is 26.0 Å². The van der Waals surface area contributed by atoms with E-state index in [1.54, 1.807) is 24.1 Å². The maximum Gasteiger partial charge on any atom is 0.251 e. The van der Waals surface area contributed by atoms with Crippen molar-refractivity contribution in [3.05, 3.63) is 34.9 Å². The summed E-state index contributed by atoms with van der Waals surface area (Å²) in [6.45, 7) is 4.53. The van der Waals surface area contributed by atoms with Gasteiger partial charge in [-0.2, -0.15) is 0 Å². The van der Waals surface area contributed by atoms with Gasteiger partial charge in [0.15, 0.2) is 6.10 Å². The molecular formula is C16H21ClN2O3. The SMILES string of the molecule is CC(C)CNC(=O)[C@@H]1OCC(=O)N(C)[C@@H]1c1ccc(Cl)cc1. The van der Waals surface area contributed by atoms with Gasteiger partial charge in [0, 0.05) is 18.6 Å². The van der Waals surface area contributed by atoms with Crippen LogP contribution in [0.5, 0.6) is 0 Å².